The third-order valence-electron chi connectivity index (χ3n) is 3.90. The second-order valence-electron chi connectivity index (χ2n) is 5.29. The molecule has 2 N–H and O–H groups in total. The van der Waals surface area contributed by atoms with E-state index in [2.05, 4.69) is 0 Å². The summed E-state index contributed by atoms with van der Waals surface area (Å²) in [4.78, 5) is 14.4. The monoisotopic (exact) mass is 266 g/mol. The summed E-state index contributed by atoms with van der Waals surface area (Å²) in [6, 6.07) is 13.8. The van der Waals surface area contributed by atoms with Crippen LogP contribution >= 0.6 is 0 Å². The van der Waals surface area contributed by atoms with Gasteiger partial charge < -0.3 is 10.6 Å². The van der Waals surface area contributed by atoms with Crippen LogP contribution < -0.4 is 10.6 Å². The van der Waals surface area contributed by atoms with Crippen LogP contribution in [0, 0.1) is 6.92 Å². The number of hydrogen-bond donors (Lipinski definition) is 1. The van der Waals surface area contributed by atoms with E-state index >= 15 is 0 Å². The molecule has 0 fully saturated rings. The zero-order valence-corrected chi connectivity index (χ0v) is 11.6. The van der Waals surface area contributed by atoms with Gasteiger partial charge in [-0.15, -0.1) is 0 Å². The standard InChI is InChI=1S/C17H18N2O/c1-12-4-2-3-5-13(12)11-17(20)19-9-8-14-10-15(18)6-7-16(14)19/h2-7,10H,8-9,11,18H2,1H3. The van der Waals surface area contributed by atoms with Crippen LogP contribution in [0.5, 0.6) is 0 Å². The van der Waals surface area contributed by atoms with Gasteiger partial charge in [0.05, 0.1) is 6.42 Å². The highest BCUT2D eigenvalue weighted by atomic mass is 16.2. The number of nitrogens with two attached hydrogens (primary N) is 1. The third kappa shape index (κ3) is 2.27. The van der Waals surface area contributed by atoms with Gasteiger partial charge in [-0.2, -0.15) is 0 Å². The highest BCUT2D eigenvalue weighted by Crippen LogP contribution is 2.30. The van der Waals surface area contributed by atoms with E-state index in [9.17, 15) is 4.79 Å². The first kappa shape index (κ1) is 12.7. The lowest BCUT2D eigenvalue weighted by Crippen LogP contribution is -2.30. The maximum atomic E-state index is 12.5. The van der Waals surface area contributed by atoms with Crippen molar-refractivity contribution < 1.29 is 4.79 Å². The Kier molecular flexibility index (Phi) is 3.18. The summed E-state index contributed by atoms with van der Waals surface area (Å²) >= 11 is 0. The van der Waals surface area contributed by atoms with Gasteiger partial charge in [-0.25, -0.2) is 0 Å². The number of nitrogen functional groups attached to an aromatic ring is 1. The maximum absolute atomic E-state index is 12.5. The van der Waals surface area contributed by atoms with E-state index in [-0.39, 0.29) is 5.91 Å². The minimum atomic E-state index is 0.155. The zero-order valence-electron chi connectivity index (χ0n) is 11.6. The van der Waals surface area contributed by atoms with Crippen LogP contribution in [0.2, 0.25) is 0 Å². The second-order valence-corrected chi connectivity index (χ2v) is 5.29. The van der Waals surface area contributed by atoms with Gasteiger partial charge in [0, 0.05) is 17.9 Å². The van der Waals surface area contributed by atoms with Gasteiger partial charge in [0.1, 0.15) is 0 Å². The van der Waals surface area contributed by atoms with Crippen LogP contribution in [-0.2, 0) is 17.6 Å². The fourth-order valence-electron chi connectivity index (χ4n) is 2.75. The minimum Gasteiger partial charge on any atom is -0.399 e. The maximum Gasteiger partial charge on any atom is 0.231 e. The smallest absolute Gasteiger partial charge is 0.231 e. The number of amides is 1. The Balaban J connectivity index is 1.82. The van der Waals surface area contributed by atoms with Gasteiger partial charge >= 0.3 is 0 Å². The Morgan fingerprint density at radius 3 is 2.85 bits per heavy atom. The van der Waals surface area contributed by atoms with Crippen LogP contribution in [-0.4, -0.2) is 12.5 Å². The second kappa shape index (κ2) is 5.00. The van der Waals surface area contributed by atoms with Crippen LogP contribution in [0.1, 0.15) is 16.7 Å². The molecular formula is C17H18N2O. The molecule has 0 aromatic heterocycles. The summed E-state index contributed by atoms with van der Waals surface area (Å²) in [7, 11) is 0. The number of carbonyl (C=O) groups is 1. The topological polar surface area (TPSA) is 46.3 Å². The largest absolute Gasteiger partial charge is 0.399 e. The summed E-state index contributed by atoms with van der Waals surface area (Å²) in [5.41, 5.74) is 11.0. The highest BCUT2D eigenvalue weighted by molar-refractivity contribution is 5.97. The quantitative estimate of drug-likeness (QED) is 0.849. The fourth-order valence-corrected chi connectivity index (χ4v) is 2.75. The summed E-state index contributed by atoms with van der Waals surface area (Å²) in [5, 5.41) is 0. The van der Waals surface area contributed by atoms with Gasteiger partial charge in [0.15, 0.2) is 0 Å². The van der Waals surface area contributed by atoms with E-state index in [1.54, 1.807) is 0 Å². The lowest BCUT2D eigenvalue weighted by atomic mass is 10.1. The van der Waals surface area contributed by atoms with E-state index in [1.807, 2.05) is 54.3 Å². The molecule has 0 saturated heterocycles. The van der Waals surface area contributed by atoms with Crippen LogP contribution in [0.4, 0.5) is 11.4 Å². The SMILES string of the molecule is Cc1ccccc1CC(=O)N1CCc2cc(N)ccc21. The van der Waals surface area contributed by atoms with Crippen molar-refractivity contribution in [3.63, 3.8) is 0 Å². The third-order valence-corrected chi connectivity index (χ3v) is 3.90. The Bertz CT molecular complexity index is 664. The number of benzene rings is 2. The highest BCUT2D eigenvalue weighted by Gasteiger charge is 2.24. The molecule has 2 aromatic carbocycles. The predicted molar refractivity (Wildman–Crippen MR) is 81.8 cm³/mol. The normalized spacial score (nSPS) is 13.3. The van der Waals surface area contributed by atoms with Gasteiger partial charge in [-0.1, -0.05) is 24.3 Å². The molecule has 1 heterocycles. The Morgan fingerprint density at radius 1 is 1.25 bits per heavy atom. The van der Waals surface area contributed by atoms with Crippen molar-refractivity contribution in [1.29, 1.82) is 0 Å². The molecule has 1 amide bonds. The molecule has 0 bridgehead atoms. The molecule has 0 spiro atoms. The molecule has 0 saturated carbocycles. The number of carbonyl (C=O) groups excluding carboxylic acids is 1. The molecule has 3 heteroatoms. The van der Waals surface area contributed by atoms with Crippen molar-refractivity contribution in [3.8, 4) is 0 Å². The van der Waals surface area contributed by atoms with E-state index < -0.39 is 0 Å². The fraction of sp³-hybridized carbons (Fsp3) is 0.235. The minimum absolute atomic E-state index is 0.155. The van der Waals surface area contributed by atoms with Crippen molar-refractivity contribution in [2.24, 2.45) is 0 Å². The molecule has 3 rings (SSSR count). The van der Waals surface area contributed by atoms with Crippen LogP contribution in [0.25, 0.3) is 0 Å². The average molecular weight is 266 g/mol. The van der Waals surface area contributed by atoms with Crippen molar-refractivity contribution in [1.82, 2.24) is 0 Å². The molecule has 0 aliphatic carbocycles. The Labute approximate surface area is 119 Å². The molecule has 0 atom stereocenters. The lowest BCUT2D eigenvalue weighted by Gasteiger charge is -2.18. The molecule has 0 radical (unpaired) electrons. The average Bonchev–Trinajstić information content (AvgIpc) is 2.84. The number of fused-ring (bicyclic) bond motifs is 1. The molecule has 3 nitrogen and oxygen atoms in total. The summed E-state index contributed by atoms with van der Waals surface area (Å²) in [6.07, 6.45) is 1.34. The van der Waals surface area contributed by atoms with Crippen molar-refractivity contribution in [2.45, 2.75) is 19.8 Å². The number of aryl methyl sites for hydroxylation is 1. The molecule has 102 valence electrons. The van der Waals surface area contributed by atoms with Crippen molar-refractivity contribution in [2.75, 3.05) is 17.2 Å². The van der Waals surface area contributed by atoms with E-state index in [4.69, 9.17) is 5.73 Å². The Morgan fingerprint density at radius 2 is 2.05 bits per heavy atom. The zero-order chi connectivity index (χ0) is 14.1. The van der Waals surface area contributed by atoms with Gasteiger partial charge in [0.25, 0.3) is 0 Å². The summed E-state index contributed by atoms with van der Waals surface area (Å²) in [5.74, 6) is 0.155. The van der Waals surface area contributed by atoms with Crippen molar-refractivity contribution >= 4 is 17.3 Å². The van der Waals surface area contributed by atoms with Crippen LogP contribution in [0.3, 0.4) is 0 Å². The first-order chi connectivity index (χ1) is 9.65. The molecule has 0 unspecified atom stereocenters. The summed E-state index contributed by atoms with van der Waals surface area (Å²) < 4.78 is 0. The Hall–Kier alpha value is -2.29. The lowest BCUT2D eigenvalue weighted by molar-refractivity contribution is -0.117. The molecular weight excluding hydrogens is 248 g/mol. The molecule has 2 aromatic rings. The van der Waals surface area contributed by atoms with E-state index in [0.717, 1.165) is 35.5 Å². The molecule has 20 heavy (non-hydrogen) atoms. The molecule has 1 aliphatic heterocycles. The van der Waals surface area contributed by atoms with E-state index in [1.165, 1.54) is 5.56 Å². The summed E-state index contributed by atoms with van der Waals surface area (Å²) in [6.45, 7) is 2.80. The van der Waals surface area contributed by atoms with Crippen LogP contribution in [0.15, 0.2) is 42.5 Å². The number of anilines is 2. The predicted octanol–water partition coefficient (Wildman–Crippen LogP) is 2.71. The first-order valence-electron chi connectivity index (χ1n) is 6.88. The van der Waals surface area contributed by atoms with Gasteiger partial charge in [-0.3, -0.25) is 4.79 Å². The number of hydrogen-bond acceptors (Lipinski definition) is 2. The number of nitrogens with zero attached hydrogens (tertiary/aromatic N) is 1. The number of rotatable bonds is 2. The first-order valence-corrected chi connectivity index (χ1v) is 6.88. The van der Waals surface area contributed by atoms with Crippen molar-refractivity contribution in [3.05, 3.63) is 59.2 Å². The van der Waals surface area contributed by atoms with E-state index in [0.29, 0.717) is 6.42 Å². The molecule has 1 aliphatic rings. The van der Waals surface area contributed by atoms with Gasteiger partial charge in [-0.05, 0) is 48.2 Å². The van der Waals surface area contributed by atoms with Gasteiger partial charge in [0.2, 0.25) is 5.91 Å².